The maximum Gasteiger partial charge on any atom is 0.339 e. The number of rotatable bonds is 7. The fourth-order valence-corrected chi connectivity index (χ4v) is 2.52. The molecule has 1 atom stereocenters. The van der Waals surface area contributed by atoms with Crippen molar-refractivity contribution in [3.63, 3.8) is 0 Å². The molecule has 3 aromatic rings. The van der Waals surface area contributed by atoms with Gasteiger partial charge in [-0.05, 0) is 55.0 Å². The summed E-state index contributed by atoms with van der Waals surface area (Å²) in [7, 11) is 0. The van der Waals surface area contributed by atoms with E-state index in [1.807, 2.05) is 30.3 Å². The van der Waals surface area contributed by atoms with E-state index in [2.05, 4.69) is 5.32 Å². The third-order valence-electron chi connectivity index (χ3n) is 4.08. The van der Waals surface area contributed by atoms with Crippen LogP contribution in [0, 0.1) is 5.82 Å². The highest BCUT2D eigenvalue weighted by molar-refractivity contribution is 5.97. The Hall–Kier alpha value is -3.67. The SMILES string of the molecule is C[C@@H](OC(=O)c1cccc(F)c1)C(=O)Nc1ccc(OCc2ccccc2)cc1. The Bertz CT molecular complexity index is 974. The van der Waals surface area contributed by atoms with Crippen LogP contribution in [-0.2, 0) is 16.1 Å². The molecule has 1 N–H and O–H groups in total. The highest BCUT2D eigenvalue weighted by Gasteiger charge is 2.19. The maximum absolute atomic E-state index is 13.2. The van der Waals surface area contributed by atoms with Crippen LogP contribution in [0.3, 0.4) is 0 Å². The molecule has 0 fully saturated rings. The first-order valence-corrected chi connectivity index (χ1v) is 9.05. The van der Waals surface area contributed by atoms with Crippen LogP contribution in [0.4, 0.5) is 10.1 Å². The van der Waals surface area contributed by atoms with Crippen molar-refractivity contribution < 1.29 is 23.5 Å². The lowest BCUT2D eigenvalue weighted by molar-refractivity contribution is -0.123. The monoisotopic (exact) mass is 393 g/mol. The highest BCUT2D eigenvalue weighted by atomic mass is 19.1. The van der Waals surface area contributed by atoms with Gasteiger partial charge in [0.1, 0.15) is 18.2 Å². The summed E-state index contributed by atoms with van der Waals surface area (Å²) in [5, 5.41) is 2.67. The van der Waals surface area contributed by atoms with Gasteiger partial charge in [-0.1, -0.05) is 36.4 Å². The fourth-order valence-electron chi connectivity index (χ4n) is 2.52. The average molecular weight is 393 g/mol. The van der Waals surface area contributed by atoms with E-state index in [9.17, 15) is 14.0 Å². The summed E-state index contributed by atoms with van der Waals surface area (Å²) < 4.78 is 24.0. The number of carbonyl (C=O) groups is 2. The molecule has 148 valence electrons. The van der Waals surface area contributed by atoms with Crippen molar-refractivity contribution in [2.24, 2.45) is 0 Å². The van der Waals surface area contributed by atoms with E-state index in [1.54, 1.807) is 24.3 Å². The quantitative estimate of drug-likeness (QED) is 0.597. The van der Waals surface area contributed by atoms with Gasteiger partial charge in [0.2, 0.25) is 0 Å². The lowest BCUT2D eigenvalue weighted by Gasteiger charge is -2.14. The van der Waals surface area contributed by atoms with Crippen LogP contribution in [0.25, 0.3) is 0 Å². The molecule has 0 bridgehead atoms. The van der Waals surface area contributed by atoms with Crippen molar-refractivity contribution in [1.29, 1.82) is 0 Å². The number of hydrogen-bond donors (Lipinski definition) is 1. The Morgan fingerprint density at radius 2 is 1.69 bits per heavy atom. The Morgan fingerprint density at radius 1 is 0.966 bits per heavy atom. The van der Waals surface area contributed by atoms with E-state index >= 15 is 0 Å². The second-order valence-corrected chi connectivity index (χ2v) is 6.35. The van der Waals surface area contributed by atoms with Gasteiger partial charge in [0, 0.05) is 5.69 Å². The first-order valence-electron chi connectivity index (χ1n) is 9.05. The lowest BCUT2D eigenvalue weighted by atomic mass is 10.2. The number of ether oxygens (including phenoxy) is 2. The summed E-state index contributed by atoms with van der Waals surface area (Å²) in [5.41, 5.74) is 1.64. The smallest absolute Gasteiger partial charge is 0.339 e. The predicted octanol–water partition coefficient (Wildman–Crippen LogP) is 4.59. The molecule has 0 aromatic heterocycles. The van der Waals surface area contributed by atoms with Crippen LogP contribution in [0.15, 0.2) is 78.9 Å². The van der Waals surface area contributed by atoms with Crippen LogP contribution < -0.4 is 10.1 Å². The number of carbonyl (C=O) groups excluding carboxylic acids is 2. The molecule has 6 heteroatoms. The molecule has 0 aliphatic heterocycles. The Kier molecular flexibility index (Phi) is 6.58. The Balaban J connectivity index is 1.51. The van der Waals surface area contributed by atoms with Gasteiger partial charge in [-0.25, -0.2) is 9.18 Å². The third kappa shape index (κ3) is 5.90. The number of anilines is 1. The number of benzene rings is 3. The van der Waals surface area contributed by atoms with Crippen molar-refractivity contribution >= 4 is 17.6 Å². The first-order chi connectivity index (χ1) is 14.0. The minimum absolute atomic E-state index is 0.0459. The van der Waals surface area contributed by atoms with Gasteiger partial charge in [0.15, 0.2) is 6.10 Å². The third-order valence-corrected chi connectivity index (χ3v) is 4.08. The van der Waals surface area contributed by atoms with Crippen molar-refractivity contribution in [3.8, 4) is 5.75 Å². The molecular weight excluding hydrogens is 373 g/mol. The number of hydrogen-bond acceptors (Lipinski definition) is 4. The minimum Gasteiger partial charge on any atom is -0.489 e. The molecule has 0 saturated heterocycles. The molecule has 0 heterocycles. The molecule has 3 rings (SSSR count). The van der Waals surface area contributed by atoms with Crippen LogP contribution in [0.2, 0.25) is 0 Å². The van der Waals surface area contributed by atoms with E-state index in [1.165, 1.54) is 25.1 Å². The summed E-state index contributed by atoms with van der Waals surface area (Å²) in [6, 6.07) is 21.7. The van der Waals surface area contributed by atoms with Crippen molar-refractivity contribution in [2.75, 3.05) is 5.32 Å². The molecule has 1 amide bonds. The summed E-state index contributed by atoms with van der Waals surface area (Å²) in [5.74, 6) is -1.15. The Labute approximate surface area is 168 Å². The lowest BCUT2D eigenvalue weighted by Crippen LogP contribution is -2.30. The van der Waals surface area contributed by atoms with Crippen LogP contribution in [0.1, 0.15) is 22.8 Å². The predicted molar refractivity (Wildman–Crippen MR) is 107 cm³/mol. The summed E-state index contributed by atoms with van der Waals surface area (Å²) in [4.78, 5) is 24.3. The van der Waals surface area contributed by atoms with Crippen molar-refractivity contribution in [1.82, 2.24) is 0 Å². The molecule has 3 aromatic carbocycles. The van der Waals surface area contributed by atoms with E-state index in [-0.39, 0.29) is 5.56 Å². The molecule has 0 aliphatic carbocycles. The minimum atomic E-state index is -1.04. The van der Waals surface area contributed by atoms with E-state index in [4.69, 9.17) is 9.47 Å². The van der Waals surface area contributed by atoms with E-state index in [0.717, 1.165) is 11.6 Å². The zero-order valence-corrected chi connectivity index (χ0v) is 15.8. The summed E-state index contributed by atoms with van der Waals surface area (Å²) in [6.07, 6.45) is -1.04. The second-order valence-electron chi connectivity index (χ2n) is 6.35. The normalized spacial score (nSPS) is 11.4. The van der Waals surface area contributed by atoms with Crippen molar-refractivity contribution in [3.05, 3.63) is 95.8 Å². The van der Waals surface area contributed by atoms with Crippen molar-refractivity contribution in [2.45, 2.75) is 19.6 Å². The topological polar surface area (TPSA) is 64.6 Å². The standard InChI is InChI=1S/C23H20FNO4/c1-16(29-23(27)18-8-5-9-19(24)14-18)22(26)25-20-10-12-21(13-11-20)28-15-17-6-3-2-4-7-17/h2-14,16H,15H2,1H3,(H,25,26)/t16-/m1/s1. The average Bonchev–Trinajstić information content (AvgIpc) is 2.74. The molecule has 29 heavy (non-hydrogen) atoms. The van der Waals surface area contributed by atoms with Gasteiger partial charge in [0.25, 0.3) is 5.91 Å². The Morgan fingerprint density at radius 3 is 2.38 bits per heavy atom. The van der Waals surface area contributed by atoms with E-state index in [0.29, 0.717) is 18.0 Å². The number of nitrogens with one attached hydrogen (secondary N) is 1. The van der Waals surface area contributed by atoms with Gasteiger partial charge in [-0.15, -0.1) is 0 Å². The fraction of sp³-hybridized carbons (Fsp3) is 0.130. The van der Waals surface area contributed by atoms with E-state index < -0.39 is 23.8 Å². The second kappa shape index (κ2) is 9.50. The molecular formula is C23H20FNO4. The zero-order valence-electron chi connectivity index (χ0n) is 15.8. The molecule has 0 unspecified atom stereocenters. The highest BCUT2D eigenvalue weighted by Crippen LogP contribution is 2.18. The molecule has 0 radical (unpaired) electrons. The van der Waals surface area contributed by atoms with Gasteiger partial charge in [-0.2, -0.15) is 0 Å². The zero-order chi connectivity index (χ0) is 20.6. The maximum atomic E-state index is 13.2. The van der Waals surface area contributed by atoms with Crippen LogP contribution >= 0.6 is 0 Å². The summed E-state index contributed by atoms with van der Waals surface area (Å²) in [6.45, 7) is 1.89. The van der Waals surface area contributed by atoms with Gasteiger partial charge >= 0.3 is 5.97 Å². The number of amides is 1. The van der Waals surface area contributed by atoms with Crippen LogP contribution in [-0.4, -0.2) is 18.0 Å². The molecule has 0 saturated carbocycles. The van der Waals surface area contributed by atoms with Gasteiger partial charge in [0.05, 0.1) is 5.56 Å². The largest absolute Gasteiger partial charge is 0.489 e. The molecule has 5 nitrogen and oxygen atoms in total. The van der Waals surface area contributed by atoms with Gasteiger partial charge < -0.3 is 14.8 Å². The van der Waals surface area contributed by atoms with Crippen LogP contribution in [0.5, 0.6) is 5.75 Å². The van der Waals surface area contributed by atoms with Gasteiger partial charge in [-0.3, -0.25) is 4.79 Å². The molecule has 0 aliphatic rings. The molecule has 0 spiro atoms. The summed E-state index contributed by atoms with van der Waals surface area (Å²) >= 11 is 0. The first kappa shape index (κ1) is 20.1. The number of esters is 1. The number of halogens is 1.